The minimum atomic E-state index is 0.720. The largest absolute Gasteiger partial charge is 0.0625 e. The van der Waals surface area contributed by atoms with Crippen molar-refractivity contribution in [2.24, 2.45) is 5.92 Å². The van der Waals surface area contributed by atoms with Crippen molar-refractivity contribution < 1.29 is 0 Å². The average molecular weight is 263 g/mol. The fourth-order valence-electron chi connectivity index (χ4n) is 1.86. The maximum absolute atomic E-state index is 3.49. The zero-order valence-corrected chi connectivity index (χ0v) is 10.7. The Hall–Kier alpha value is -0.820. The summed E-state index contributed by atoms with van der Waals surface area (Å²) in [7, 11) is 0. The van der Waals surface area contributed by atoms with Crippen LogP contribution in [0.4, 0.5) is 0 Å². The Balaban J connectivity index is 2.43. The third kappa shape index (κ3) is 2.60. The first kappa shape index (κ1) is 10.7. The molecule has 0 aliphatic rings. The highest BCUT2D eigenvalue weighted by Gasteiger charge is 2.00. The van der Waals surface area contributed by atoms with Crippen LogP contribution in [0.25, 0.3) is 10.8 Å². The van der Waals surface area contributed by atoms with E-state index in [1.807, 2.05) is 0 Å². The minimum Gasteiger partial charge on any atom is -0.0625 e. The van der Waals surface area contributed by atoms with Crippen LogP contribution in [0.15, 0.2) is 40.9 Å². The third-order valence-corrected chi connectivity index (χ3v) is 3.00. The van der Waals surface area contributed by atoms with E-state index in [-0.39, 0.29) is 0 Å². The third-order valence-electron chi connectivity index (χ3n) is 2.51. The van der Waals surface area contributed by atoms with Crippen LogP contribution in [0.3, 0.4) is 0 Å². The van der Waals surface area contributed by atoms with Gasteiger partial charge in [0, 0.05) is 4.47 Å². The van der Waals surface area contributed by atoms with Gasteiger partial charge in [-0.3, -0.25) is 0 Å². The molecule has 0 heterocycles. The van der Waals surface area contributed by atoms with Crippen molar-refractivity contribution in [1.29, 1.82) is 0 Å². The van der Waals surface area contributed by atoms with Gasteiger partial charge in [0.1, 0.15) is 0 Å². The van der Waals surface area contributed by atoms with Crippen molar-refractivity contribution in [1.82, 2.24) is 0 Å². The number of benzene rings is 2. The lowest BCUT2D eigenvalue weighted by molar-refractivity contribution is 0.648. The first-order chi connectivity index (χ1) is 7.15. The Morgan fingerprint density at radius 3 is 2.40 bits per heavy atom. The van der Waals surface area contributed by atoms with Gasteiger partial charge >= 0.3 is 0 Å². The Morgan fingerprint density at radius 2 is 1.67 bits per heavy atom. The summed E-state index contributed by atoms with van der Waals surface area (Å²) in [6.07, 6.45) is 1.16. The van der Waals surface area contributed by atoms with Gasteiger partial charge in [-0.15, -0.1) is 0 Å². The van der Waals surface area contributed by atoms with Crippen molar-refractivity contribution in [3.8, 4) is 0 Å². The zero-order chi connectivity index (χ0) is 10.8. The van der Waals surface area contributed by atoms with Crippen molar-refractivity contribution in [3.05, 3.63) is 46.4 Å². The highest BCUT2D eigenvalue weighted by atomic mass is 79.9. The normalized spacial score (nSPS) is 11.2. The maximum atomic E-state index is 3.49. The Labute approximate surface area is 99.4 Å². The Bertz CT molecular complexity index is 472. The molecule has 0 unspecified atom stereocenters. The lowest BCUT2D eigenvalue weighted by atomic mass is 10.00. The number of fused-ring (bicyclic) bond motifs is 1. The molecule has 1 heteroatoms. The van der Waals surface area contributed by atoms with Crippen LogP contribution in [0, 0.1) is 5.92 Å². The molecule has 2 aromatic carbocycles. The summed E-state index contributed by atoms with van der Waals surface area (Å²) >= 11 is 3.49. The second-order valence-electron chi connectivity index (χ2n) is 4.42. The molecule has 0 N–H and O–H groups in total. The van der Waals surface area contributed by atoms with E-state index in [2.05, 4.69) is 66.2 Å². The number of hydrogen-bond donors (Lipinski definition) is 0. The molecule has 0 spiro atoms. The zero-order valence-electron chi connectivity index (χ0n) is 9.13. The summed E-state index contributed by atoms with van der Waals surface area (Å²) in [5.41, 5.74) is 1.43. The van der Waals surface area contributed by atoms with Crippen LogP contribution < -0.4 is 0 Å². The van der Waals surface area contributed by atoms with Crippen molar-refractivity contribution >= 4 is 26.7 Å². The van der Waals surface area contributed by atoms with Crippen LogP contribution in [0.2, 0.25) is 0 Å². The van der Waals surface area contributed by atoms with E-state index in [0.29, 0.717) is 0 Å². The first-order valence-corrected chi connectivity index (χ1v) is 6.12. The first-order valence-electron chi connectivity index (χ1n) is 5.33. The maximum Gasteiger partial charge on any atom is 0.0181 e. The molecule has 0 aliphatic heterocycles. The molecule has 2 rings (SSSR count). The molecular formula is C14H15Br. The van der Waals surface area contributed by atoms with E-state index >= 15 is 0 Å². The Morgan fingerprint density at radius 1 is 1.00 bits per heavy atom. The van der Waals surface area contributed by atoms with Gasteiger partial charge in [0.05, 0.1) is 0 Å². The topological polar surface area (TPSA) is 0 Å². The van der Waals surface area contributed by atoms with E-state index in [1.165, 1.54) is 16.3 Å². The van der Waals surface area contributed by atoms with Gasteiger partial charge in [0.2, 0.25) is 0 Å². The summed E-state index contributed by atoms with van der Waals surface area (Å²) in [5.74, 6) is 0.720. The molecule has 0 aromatic heterocycles. The molecule has 0 saturated carbocycles. The average Bonchev–Trinajstić information content (AvgIpc) is 2.17. The quantitative estimate of drug-likeness (QED) is 0.730. The second kappa shape index (κ2) is 4.36. The number of hydrogen-bond acceptors (Lipinski definition) is 0. The van der Waals surface area contributed by atoms with E-state index in [9.17, 15) is 0 Å². The summed E-state index contributed by atoms with van der Waals surface area (Å²) < 4.78 is 1.15. The molecule has 78 valence electrons. The predicted molar refractivity (Wildman–Crippen MR) is 70.2 cm³/mol. The molecule has 2 aromatic rings. The second-order valence-corrected chi connectivity index (χ2v) is 5.34. The summed E-state index contributed by atoms with van der Waals surface area (Å²) in [4.78, 5) is 0. The number of rotatable bonds is 2. The molecule has 15 heavy (non-hydrogen) atoms. The molecular weight excluding hydrogens is 248 g/mol. The van der Waals surface area contributed by atoms with Gasteiger partial charge in [-0.25, -0.2) is 0 Å². The van der Waals surface area contributed by atoms with Crippen LogP contribution >= 0.6 is 15.9 Å². The predicted octanol–water partition coefficient (Wildman–Crippen LogP) is 4.80. The summed E-state index contributed by atoms with van der Waals surface area (Å²) in [6.45, 7) is 4.51. The highest BCUT2D eigenvalue weighted by Crippen LogP contribution is 2.21. The molecule has 0 saturated heterocycles. The van der Waals surface area contributed by atoms with Crippen molar-refractivity contribution in [2.75, 3.05) is 0 Å². The van der Waals surface area contributed by atoms with E-state index in [4.69, 9.17) is 0 Å². The summed E-state index contributed by atoms with van der Waals surface area (Å²) in [5, 5.41) is 2.63. The van der Waals surface area contributed by atoms with Gasteiger partial charge in [0.15, 0.2) is 0 Å². The molecule has 0 fully saturated rings. The fourth-order valence-corrected chi connectivity index (χ4v) is 2.24. The smallest absolute Gasteiger partial charge is 0.0181 e. The Kier molecular flexibility index (Phi) is 3.11. The van der Waals surface area contributed by atoms with Gasteiger partial charge in [0.25, 0.3) is 0 Å². The van der Waals surface area contributed by atoms with Gasteiger partial charge < -0.3 is 0 Å². The van der Waals surface area contributed by atoms with Crippen LogP contribution in [0.1, 0.15) is 19.4 Å². The lowest BCUT2D eigenvalue weighted by Crippen LogP contribution is -1.93. The monoisotopic (exact) mass is 262 g/mol. The highest BCUT2D eigenvalue weighted by molar-refractivity contribution is 9.10. The fraction of sp³-hybridized carbons (Fsp3) is 0.286. The molecule has 0 atom stereocenters. The van der Waals surface area contributed by atoms with Crippen molar-refractivity contribution in [3.63, 3.8) is 0 Å². The van der Waals surface area contributed by atoms with Crippen LogP contribution in [-0.4, -0.2) is 0 Å². The molecule has 0 bridgehead atoms. The molecule has 0 amide bonds. The van der Waals surface area contributed by atoms with Gasteiger partial charge in [-0.05, 0) is 40.8 Å². The van der Waals surface area contributed by atoms with E-state index in [1.54, 1.807) is 0 Å². The standard InChI is InChI=1S/C14H15Br/c1-10(2)7-11-3-4-13-9-14(15)6-5-12(13)8-11/h3-6,8-10H,7H2,1-2H3. The van der Waals surface area contributed by atoms with Gasteiger partial charge in [-0.1, -0.05) is 54.0 Å². The lowest BCUT2D eigenvalue weighted by Gasteiger charge is -2.06. The summed E-state index contributed by atoms with van der Waals surface area (Å²) in [6, 6.07) is 13.2. The van der Waals surface area contributed by atoms with Crippen LogP contribution in [-0.2, 0) is 6.42 Å². The molecule has 0 radical (unpaired) electrons. The van der Waals surface area contributed by atoms with Gasteiger partial charge in [-0.2, -0.15) is 0 Å². The SMILES string of the molecule is CC(C)Cc1ccc2cc(Br)ccc2c1. The van der Waals surface area contributed by atoms with Crippen LogP contribution in [0.5, 0.6) is 0 Å². The molecule has 0 aliphatic carbocycles. The minimum absolute atomic E-state index is 0.720. The molecule has 0 nitrogen and oxygen atoms in total. The van der Waals surface area contributed by atoms with Crippen molar-refractivity contribution in [2.45, 2.75) is 20.3 Å². The van der Waals surface area contributed by atoms with E-state index < -0.39 is 0 Å². The number of halogens is 1. The van der Waals surface area contributed by atoms with E-state index in [0.717, 1.165) is 16.8 Å².